The summed E-state index contributed by atoms with van der Waals surface area (Å²) in [6, 6.07) is 4.65. The van der Waals surface area contributed by atoms with Crippen molar-refractivity contribution in [3.8, 4) is 0 Å². The molecule has 0 aromatic carbocycles. The molecule has 0 unspecified atom stereocenters. The van der Waals surface area contributed by atoms with Crippen LogP contribution in [0, 0.1) is 0 Å². The average Bonchev–Trinajstić information content (AvgIpc) is 2.92. The van der Waals surface area contributed by atoms with Crippen molar-refractivity contribution in [2.75, 3.05) is 18.9 Å². The van der Waals surface area contributed by atoms with Gasteiger partial charge in [-0.3, -0.25) is 15.1 Å². The van der Waals surface area contributed by atoms with E-state index >= 15 is 0 Å². The number of hydrogen-bond acceptors (Lipinski definition) is 6. The van der Waals surface area contributed by atoms with Crippen molar-refractivity contribution in [1.82, 2.24) is 10.3 Å². The highest BCUT2D eigenvalue weighted by Crippen LogP contribution is 2.10. The Kier molecular flexibility index (Phi) is 4.51. The lowest BCUT2D eigenvalue weighted by Crippen LogP contribution is -2.28. The molecule has 7 heteroatoms. The first-order valence-corrected chi connectivity index (χ1v) is 6.82. The van der Waals surface area contributed by atoms with Crippen molar-refractivity contribution in [2.45, 2.75) is 6.92 Å². The van der Waals surface area contributed by atoms with Crippen LogP contribution in [0.15, 0.2) is 23.2 Å². The molecule has 100 valence electrons. The molecule has 6 nitrogen and oxygen atoms in total. The number of nitrogens with one attached hydrogen (secondary N) is 1. The molecule has 1 aromatic rings. The minimum atomic E-state index is -0.537. The molecule has 1 aromatic heterocycles. The molecule has 0 atom stereocenters. The van der Waals surface area contributed by atoms with Crippen LogP contribution in [0.1, 0.15) is 27.9 Å². The van der Waals surface area contributed by atoms with E-state index in [0.717, 1.165) is 5.75 Å². The third-order valence-electron chi connectivity index (χ3n) is 2.27. The monoisotopic (exact) mass is 279 g/mol. The number of esters is 1. The molecule has 0 aliphatic carbocycles. The number of aliphatic imine (C=N–C) groups is 1. The second kappa shape index (κ2) is 6.33. The number of hydrogen-bond donors (Lipinski definition) is 1. The molecule has 0 fully saturated rings. The number of aromatic nitrogens is 1. The van der Waals surface area contributed by atoms with Crippen LogP contribution in [0.3, 0.4) is 0 Å². The van der Waals surface area contributed by atoms with Crippen LogP contribution in [0.4, 0.5) is 0 Å². The number of carbonyl (C=O) groups is 2. The largest absolute Gasteiger partial charge is 0.461 e. The Balaban J connectivity index is 2.09. The van der Waals surface area contributed by atoms with E-state index in [1.54, 1.807) is 13.0 Å². The minimum Gasteiger partial charge on any atom is -0.461 e. The first-order valence-electron chi connectivity index (χ1n) is 5.83. The van der Waals surface area contributed by atoms with E-state index in [-0.39, 0.29) is 23.9 Å². The van der Waals surface area contributed by atoms with Gasteiger partial charge in [0.15, 0.2) is 5.17 Å². The molecule has 0 saturated carbocycles. The normalized spacial score (nSPS) is 13.8. The Morgan fingerprint density at radius 3 is 2.89 bits per heavy atom. The third kappa shape index (κ3) is 3.54. The number of thioether (sulfide) groups is 1. The van der Waals surface area contributed by atoms with Crippen LogP contribution in [0.25, 0.3) is 0 Å². The van der Waals surface area contributed by atoms with Gasteiger partial charge in [0.05, 0.1) is 13.2 Å². The maximum absolute atomic E-state index is 11.9. The molecular weight excluding hydrogens is 266 g/mol. The van der Waals surface area contributed by atoms with Crippen LogP contribution in [0.5, 0.6) is 0 Å². The minimum absolute atomic E-state index is 0.121. The first-order chi connectivity index (χ1) is 9.20. The lowest BCUT2D eigenvalue weighted by molar-refractivity contribution is 0.0519. The average molecular weight is 279 g/mol. The highest BCUT2D eigenvalue weighted by molar-refractivity contribution is 8.14. The van der Waals surface area contributed by atoms with Crippen molar-refractivity contribution < 1.29 is 14.3 Å². The van der Waals surface area contributed by atoms with Crippen LogP contribution in [-0.2, 0) is 4.74 Å². The smallest absolute Gasteiger partial charge is 0.356 e. The van der Waals surface area contributed by atoms with Crippen LogP contribution >= 0.6 is 11.8 Å². The van der Waals surface area contributed by atoms with Gasteiger partial charge >= 0.3 is 5.97 Å². The summed E-state index contributed by atoms with van der Waals surface area (Å²) < 4.78 is 4.84. The molecule has 0 spiro atoms. The Morgan fingerprint density at radius 1 is 1.42 bits per heavy atom. The van der Waals surface area contributed by atoms with E-state index in [0.29, 0.717) is 11.7 Å². The second-order valence-electron chi connectivity index (χ2n) is 3.62. The quantitative estimate of drug-likeness (QED) is 0.838. The van der Waals surface area contributed by atoms with Gasteiger partial charge in [-0.2, -0.15) is 0 Å². The van der Waals surface area contributed by atoms with E-state index in [1.807, 2.05) is 0 Å². The Hall–Kier alpha value is -1.89. The number of pyridine rings is 1. The predicted molar refractivity (Wildman–Crippen MR) is 72.4 cm³/mol. The SMILES string of the molecule is CCOC(=O)c1cccc(C(=O)NC2=NCCS2)n1. The Bertz CT molecular complexity index is 531. The summed E-state index contributed by atoms with van der Waals surface area (Å²) in [7, 11) is 0. The van der Waals surface area contributed by atoms with Crippen molar-refractivity contribution >= 4 is 28.8 Å². The Morgan fingerprint density at radius 2 is 2.21 bits per heavy atom. The van der Waals surface area contributed by atoms with Gasteiger partial charge in [-0.1, -0.05) is 17.8 Å². The summed E-state index contributed by atoms with van der Waals surface area (Å²) in [5.74, 6) is -0.0460. The fourth-order valence-electron chi connectivity index (χ4n) is 1.45. The third-order valence-corrected chi connectivity index (χ3v) is 3.16. The molecule has 2 heterocycles. The summed E-state index contributed by atoms with van der Waals surface area (Å²) in [6.07, 6.45) is 0. The molecule has 0 saturated heterocycles. The highest BCUT2D eigenvalue weighted by Gasteiger charge is 2.16. The molecule has 0 radical (unpaired) electrons. The molecule has 1 N–H and O–H groups in total. The maximum Gasteiger partial charge on any atom is 0.356 e. The van der Waals surface area contributed by atoms with Gasteiger partial charge in [0.2, 0.25) is 0 Å². The molecule has 19 heavy (non-hydrogen) atoms. The van der Waals surface area contributed by atoms with Gasteiger partial charge in [-0.25, -0.2) is 9.78 Å². The number of carbonyl (C=O) groups excluding carboxylic acids is 2. The van der Waals surface area contributed by atoms with E-state index < -0.39 is 5.97 Å². The van der Waals surface area contributed by atoms with E-state index in [9.17, 15) is 9.59 Å². The summed E-state index contributed by atoms with van der Waals surface area (Å²) in [6.45, 7) is 2.69. The fourth-order valence-corrected chi connectivity index (χ4v) is 2.18. The van der Waals surface area contributed by atoms with Crippen molar-refractivity contribution in [3.63, 3.8) is 0 Å². The summed E-state index contributed by atoms with van der Waals surface area (Å²) in [4.78, 5) is 31.5. The van der Waals surface area contributed by atoms with Gasteiger partial charge in [0.25, 0.3) is 5.91 Å². The van der Waals surface area contributed by atoms with Gasteiger partial charge in [0.1, 0.15) is 11.4 Å². The number of rotatable bonds is 3. The van der Waals surface area contributed by atoms with Crippen molar-refractivity contribution in [1.29, 1.82) is 0 Å². The molecule has 2 rings (SSSR count). The molecule has 1 amide bonds. The molecule has 1 aliphatic heterocycles. The highest BCUT2D eigenvalue weighted by atomic mass is 32.2. The van der Waals surface area contributed by atoms with Gasteiger partial charge in [-0.05, 0) is 19.1 Å². The van der Waals surface area contributed by atoms with Crippen molar-refractivity contribution in [2.24, 2.45) is 4.99 Å². The summed E-state index contributed by atoms with van der Waals surface area (Å²) in [5.41, 5.74) is 0.288. The number of amides is 1. The fraction of sp³-hybridized carbons (Fsp3) is 0.333. The van der Waals surface area contributed by atoms with E-state index in [1.165, 1.54) is 23.9 Å². The van der Waals surface area contributed by atoms with Crippen LogP contribution < -0.4 is 5.32 Å². The van der Waals surface area contributed by atoms with Gasteiger partial charge in [-0.15, -0.1) is 0 Å². The van der Waals surface area contributed by atoms with Crippen LogP contribution in [-0.4, -0.2) is 40.9 Å². The Labute approximate surface area is 114 Å². The molecular formula is C12H13N3O3S. The predicted octanol–water partition coefficient (Wildman–Crippen LogP) is 1.09. The standard InChI is InChI=1S/C12H13N3O3S/c1-2-18-11(17)9-5-3-4-8(14-9)10(16)15-12-13-6-7-19-12/h3-5H,2,6-7H2,1H3,(H,13,15,16). The summed E-state index contributed by atoms with van der Waals surface area (Å²) in [5, 5.41) is 3.24. The molecule has 1 aliphatic rings. The summed E-state index contributed by atoms with van der Waals surface area (Å²) >= 11 is 1.48. The lowest BCUT2D eigenvalue weighted by atomic mass is 10.3. The number of ether oxygens (including phenoxy) is 1. The second-order valence-corrected chi connectivity index (χ2v) is 4.70. The number of amidine groups is 1. The first kappa shape index (κ1) is 13.5. The van der Waals surface area contributed by atoms with Crippen LogP contribution in [0.2, 0.25) is 0 Å². The zero-order valence-corrected chi connectivity index (χ0v) is 11.2. The lowest BCUT2D eigenvalue weighted by Gasteiger charge is -2.05. The topological polar surface area (TPSA) is 80.7 Å². The van der Waals surface area contributed by atoms with E-state index in [2.05, 4.69) is 15.3 Å². The molecule has 0 bridgehead atoms. The van der Waals surface area contributed by atoms with Crippen molar-refractivity contribution in [3.05, 3.63) is 29.6 Å². The maximum atomic E-state index is 11.9. The van der Waals surface area contributed by atoms with Gasteiger partial charge in [0, 0.05) is 5.75 Å². The number of nitrogens with zero attached hydrogens (tertiary/aromatic N) is 2. The zero-order valence-electron chi connectivity index (χ0n) is 10.4. The zero-order chi connectivity index (χ0) is 13.7. The van der Waals surface area contributed by atoms with E-state index in [4.69, 9.17) is 4.74 Å². The van der Waals surface area contributed by atoms with Gasteiger partial charge < -0.3 is 4.74 Å².